The minimum absolute atomic E-state index is 0.185. The number of hydrogen-bond acceptors (Lipinski definition) is 8. The van der Waals surface area contributed by atoms with Crippen LogP contribution in [0.15, 0.2) is 12.4 Å². The van der Waals surface area contributed by atoms with Crippen molar-refractivity contribution in [1.29, 1.82) is 0 Å². The van der Waals surface area contributed by atoms with E-state index in [4.69, 9.17) is 19.2 Å². The summed E-state index contributed by atoms with van der Waals surface area (Å²) in [6.07, 6.45) is 2.70. The van der Waals surface area contributed by atoms with E-state index in [1.165, 1.54) is 4.90 Å². The first-order chi connectivity index (χ1) is 17.5. The fourth-order valence-electron chi connectivity index (χ4n) is 4.24. The zero-order valence-electron chi connectivity index (χ0n) is 22.6. The van der Waals surface area contributed by atoms with Crippen LogP contribution in [0.1, 0.15) is 23.7 Å². The minimum Gasteiger partial charge on any atom is -0.465 e. The largest absolute Gasteiger partial charge is 0.465 e. The number of likely N-dealkylation sites (tertiary alicyclic amines) is 1. The van der Waals surface area contributed by atoms with Crippen LogP contribution in [-0.2, 0) is 20.9 Å². The summed E-state index contributed by atoms with van der Waals surface area (Å²) in [5.41, 5.74) is 1.34. The van der Waals surface area contributed by atoms with Gasteiger partial charge in [-0.05, 0) is 19.4 Å². The summed E-state index contributed by atoms with van der Waals surface area (Å²) < 4.78 is 18.4. The summed E-state index contributed by atoms with van der Waals surface area (Å²) in [7, 11) is 1.96. The molecule has 206 valence electrons. The molecule has 2 amide bonds. The summed E-state index contributed by atoms with van der Waals surface area (Å²) in [5.74, 6) is 0.148. The van der Waals surface area contributed by atoms with E-state index < -0.39 is 14.2 Å². The second kappa shape index (κ2) is 12.7. The average molecular weight is 537 g/mol. The van der Waals surface area contributed by atoms with Gasteiger partial charge in [-0.25, -0.2) is 14.8 Å². The van der Waals surface area contributed by atoms with E-state index in [1.807, 2.05) is 6.92 Å². The first kappa shape index (κ1) is 28.8. The molecular weight excluding hydrogens is 496 g/mol. The highest BCUT2D eigenvalue weighted by Gasteiger charge is 2.32. The highest BCUT2D eigenvalue weighted by Crippen LogP contribution is 2.23. The van der Waals surface area contributed by atoms with Gasteiger partial charge in [-0.15, -0.1) is 0 Å². The van der Waals surface area contributed by atoms with Crippen LogP contribution in [0.5, 0.6) is 0 Å². The van der Waals surface area contributed by atoms with Crippen LogP contribution in [0.3, 0.4) is 0 Å². The van der Waals surface area contributed by atoms with Gasteiger partial charge >= 0.3 is 6.09 Å². The van der Waals surface area contributed by atoms with Crippen LogP contribution >= 0.6 is 0 Å². The summed E-state index contributed by atoms with van der Waals surface area (Å²) in [6.45, 7) is 10.7. The Morgan fingerprint density at radius 3 is 2.70 bits per heavy atom. The van der Waals surface area contributed by atoms with Gasteiger partial charge in [0.2, 0.25) is 0 Å². The van der Waals surface area contributed by atoms with Crippen molar-refractivity contribution in [3.63, 3.8) is 0 Å². The standard InChI is InChI=1S/C24H40N6O6Si/c1-16(14-34-2)26-23(31)17-12-30(15-36-9-10-37(4,5)6)22-21(17)28-20(11-25-22)27-18-13-29(24(32)33)8-7-19(18)35-3/h11-12,16,18-19H,7-10,13-15H2,1-6H3,(H,26,31)(H,27,28)(H,32,33)/t16-,18-,19+/m1/s1. The van der Waals surface area contributed by atoms with E-state index in [1.54, 1.807) is 31.2 Å². The molecule has 0 saturated carbocycles. The maximum absolute atomic E-state index is 13.1. The van der Waals surface area contributed by atoms with Gasteiger partial charge in [-0.1, -0.05) is 19.6 Å². The molecule has 0 radical (unpaired) electrons. The van der Waals surface area contributed by atoms with Gasteiger partial charge in [0.25, 0.3) is 5.91 Å². The summed E-state index contributed by atoms with van der Waals surface area (Å²) in [4.78, 5) is 35.3. The van der Waals surface area contributed by atoms with Gasteiger partial charge in [-0.3, -0.25) is 4.79 Å². The summed E-state index contributed by atoms with van der Waals surface area (Å²) >= 11 is 0. The van der Waals surface area contributed by atoms with E-state index in [9.17, 15) is 14.7 Å². The lowest BCUT2D eigenvalue weighted by Crippen LogP contribution is -2.52. The number of aromatic nitrogens is 3. The third-order valence-corrected chi connectivity index (χ3v) is 7.99. The predicted molar refractivity (Wildman–Crippen MR) is 143 cm³/mol. The number of carboxylic acid groups (broad SMARTS) is 1. The number of hydrogen-bond donors (Lipinski definition) is 3. The molecule has 13 heteroatoms. The topological polar surface area (TPSA) is 140 Å². The first-order valence-electron chi connectivity index (χ1n) is 12.5. The van der Waals surface area contributed by atoms with Crippen LogP contribution in [0.4, 0.5) is 10.6 Å². The molecule has 3 rings (SSSR count). The molecule has 37 heavy (non-hydrogen) atoms. The molecule has 2 aromatic rings. The number of amides is 2. The van der Waals surface area contributed by atoms with Crippen LogP contribution < -0.4 is 10.6 Å². The molecule has 3 heterocycles. The van der Waals surface area contributed by atoms with E-state index in [0.717, 1.165) is 6.04 Å². The van der Waals surface area contributed by atoms with E-state index in [-0.39, 0.29) is 37.4 Å². The highest BCUT2D eigenvalue weighted by atomic mass is 28.3. The zero-order valence-corrected chi connectivity index (χ0v) is 23.6. The van der Waals surface area contributed by atoms with Gasteiger partial charge < -0.3 is 39.4 Å². The molecule has 0 bridgehead atoms. The maximum atomic E-state index is 13.1. The maximum Gasteiger partial charge on any atom is 0.407 e. The predicted octanol–water partition coefficient (Wildman–Crippen LogP) is 2.69. The Morgan fingerprint density at radius 1 is 1.30 bits per heavy atom. The van der Waals surface area contributed by atoms with Crippen LogP contribution in [0.2, 0.25) is 25.7 Å². The number of rotatable bonds is 12. The quantitative estimate of drug-likeness (QED) is 0.276. The number of nitrogens with zero attached hydrogens (tertiary/aromatic N) is 4. The van der Waals surface area contributed by atoms with Gasteiger partial charge in [0.05, 0.1) is 30.5 Å². The highest BCUT2D eigenvalue weighted by molar-refractivity contribution is 6.76. The lowest BCUT2D eigenvalue weighted by Gasteiger charge is -2.36. The summed E-state index contributed by atoms with van der Waals surface area (Å²) in [5, 5.41) is 15.6. The monoisotopic (exact) mass is 536 g/mol. The Kier molecular flexibility index (Phi) is 9.87. The Balaban J connectivity index is 1.87. The number of ether oxygens (including phenoxy) is 3. The molecule has 0 spiro atoms. The number of anilines is 1. The number of nitrogens with one attached hydrogen (secondary N) is 2. The molecule has 2 aromatic heterocycles. The molecule has 3 N–H and O–H groups in total. The number of fused-ring (bicyclic) bond motifs is 1. The van der Waals surface area contributed by atoms with Crippen molar-refractivity contribution >= 4 is 37.1 Å². The third kappa shape index (κ3) is 7.87. The molecular formula is C24H40N6O6Si. The van der Waals surface area contributed by atoms with Gasteiger partial charge in [0.1, 0.15) is 18.1 Å². The summed E-state index contributed by atoms with van der Waals surface area (Å²) in [6, 6.07) is 0.529. The number of piperidine rings is 1. The number of carbonyl (C=O) groups is 2. The molecule has 12 nitrogen and oxygen atoms in total. The zero-order chi connectivity index (χ0) is 27.2. The number of methoxy groups -OCH3 is 2. The van der Waals surface area contributed by atoms with Gasteiger partial charge in [0, 0.05) is 54.2 Å². The Bertz CT molecular complexity index is 1070. The fraction of sp³-hybridized carbons (Fsp3) is 0.667. The van der Waals surface area contributed by atoms with Crippen LogP contribution in [0.25, 0.3) is 11.2 Å². The number of carbonyl (C=O) groups excluding carboxylic acids is 1. The second-order valence-electron chi connectivity index (χ2n) is 10.7. The second-order valence-corrected chi connectivity index (χ2v) is 16.3. The molecule has 0 unspecified atom stereocenters. The normalized spacial score (nSPS) is 19.1. The van der Waals surface area contributed by atoms with Crippen molar-refractivity contribution in [1.82, 2.24) is 24.8 Å². The molecule has 3 atom stereocenters. The Morgan fingerprint density at radius 2 is 2.05 bits per heavy atom. The smallest absolute Gasteiger partial charge is 0.407 e. The molecule has 1 aliphatic rings. The molecule has 1 fully saturated rings. The molecule has 1 aliphatic heterocycles. The SMILES string of the molecule is COC[C@@H](C)NC(=O)c1cn(COCC[Si](C)(C)C)c2ncc(N[C@@H]3CN(C(=O)O)CC[C@@H]3OC)nc12. The molecule has 0 aliphatic carbocycles. The van der Waals surface area contributed by atoms with Crippen molar-refractivity contribution < 1.29 is 28.9 Å². The molecule has 0 aromatic carbocycles. The fourth-order valence-corrected chi connectivity index (χ4v) is 4.99. The van der Waals surface area contributed by atoms with E-state index in [2.05, 4.69) is 35.3 Å². The Hall–Kier alpha value is -2.74. The van der Waals surface area contributed by atoms with Crippen molar-refractivity contribution in [2.24, 2.45) is 0 Å². The average Bonchev–Trinajstić information content (AvgIpc) is 3.19. The van der Waals surface area contributed by atoms with Crippen molar-refractivity contribution in [2.45, 2.75) is 63.9 Å². The van der Waals surface area contributed by atoms with Gasteiger partial charge in [-0.2, -0.15) is 0 Å². The van der Waals surface area contributed by atoms with E-state index >= 15 is 0 Å². The lowest BCUT2D eigenvalue weighted by molar-refractivity contribution is 0.0323. The van der Waals surface area contributed by atoms with E-state index in [0.29, 0.717) is 48.7 Å². The van der Waals surface area contributed by atoms with Crippen LogP contribution in [0, 0.1) is 0 Å². The minimum atomic E-state index is -1.24. The first-order valence-corrected chi connectivity index (χ1v) is 16.2. The van der Waals surface area contributed by atoms with Gasteiger partial charge in [0.15, 0.2) is 5.65 Å². The van der Waals surface area contributed by atoms with Crippen LogP contribution in [-0.4, -0.2) is 103 Å². The Labute approximate surface area is 218 Å². The lowest BCUT2D eigenvalue weighted by atomic mass is 10.0. The van der Waals surface area contributed by atoms with Crippen molar-refractivity contribution in [2.75, 3.05) is 45.8 Å². The third-order valence-electron chi connectivity index (χ3n) is 6.29. The van der Waals surface area contributed by atoms with Crippen molar-refractivity contribution in [3.05, 3.63) is 18.0 Å². The van der Waals surface area contributed by atoms with Crippen molar-refractivity contribution in [3.8, 4) is 0 Å². The molecule has 1 saturated heterocycles.